The number of carbonyl (C=O) groups excluding carboxylic acids is 1. The van der Waals surface area contributed by atoms with Crippen LogP contribution in [-0.2, 0) is 13.0 Å². The van der Waals surface area contributed by atoms with Crippen LogP contribution in [0.5, 0.6) is 0 Å². The van der Waals surface area contributed by atoms with Crippen molar-refractivity contribution in [3.63, 3.8) is 0 Å². The highest BCUT2D eigenvalue weighted by molar-refractivity contribution is 6.32. The van der Waals surface area contributed by atoms with E-state index in [-0.39, 0.29) is 11.5 Å². The van der Waals surface area contributed by atoms with Crippen molar-refractivity contribution >= 4 is 28.5 Å². The van der Waals surface area contributed by atoms with Gasteiger partial charge in [-0.2, -0.15) is 0 Å². The standard InChI is InChI=1S/C21H21ClN4O3/c1-2-14-9-19-16(11-17(14)22)15(10-20(27)29-19)13-25-5-7-26(8-6-25)21(28)18-12-23-3-4-24-18/h3-4,9-12H,2,5-8,13H2,1H3. The van der Waals surface area contributed by atoms with Gasteiger partial charge in [0.1, 0.15) is 11.3 Å². The van der Waals surface area contributed by atoms with Gasteiger partial charge in [0.2, 0.25) is 0 Å². The Morgan fingerprint density at radius 2 is 1.93 bits per heavy atom. The molecule has 0 saturated carbocycles. The second-order valence-corrected chi connectivity index (χ2v) is 7.45. The molecule has 2 aromatic heterocycles. The number of aryl methyl sites for hydroxylation is 1. The van der Waals surface area contributed by atoms with E-state index in [4.69, 9.17) is 16.0 Å². The van der Waals surface area contributed by atoms with E-state index in [9.17, 15) is 9.59 Å². The van der Waals surface area contributed by atoms with E-state index in [0.717, 1.165) is 22.9 Å². The maximum absolute atomic E-state index is 12.5. The van der Waals surface area contributed by atoms with Gasteiger partial charge in [0.05, 0.1) is 6.20 Å². The molecule has 0 N–H and O–H groups in total. The summed E-state index contributed by atoms with van der Waals surface area (Å²) in [6.45, 7) is 5.20. The fourth-order valence-electron chi connectivity index (χ4n) is 3.61. The lowest BCUT2D eigenvalue weighted by Crippen LogP contribution is -2.48. The van der Waals surface area contributed by atoms with Gasteiger partial charge >= 0.3 is 5.63 Å². The van der Waals surface area contributed by atoms with Crippen LogP contribution >= 0.6 is 11.6 Å². The van der Waals surface area contributed by atoms with Crippen molar-refractivity contribution in [2.24, 2.45) is 0 Å². The average molecular weight is 413 g/mol. The minimum Gasteiger partial charge on any atom is -0.423 e. The molecule has 3 aromatic rings. The molecule has 0 radical (unpaired) electrons. The summed E-state index contributed by atoms with van der Waals surface area (Å²) >= 11 is 6.38. The first-order chi connectivity index (χ1) is 14.0. The fraction of sp³-hybridized carbons (Fsp3) is 0.333. The quantitative estimate of drug-likeness (QED) is 0.613. The first-order valence-corrected chi connectivity index (χ1v) is 9.95. The molecule has 0 unspecified atom stereocenters. The summed E-state index contributed by atoms with van der Waals surface area (Å²) in [6.07, 6.45) is 5.32. The number of carbonyl (C=O) groups is 1. The lowest BCUT2D eigenvalue weighted by Gasteiger charge is -2.34. The van der Waals surface area contributed by atoms with Gasteiger partial charge in [-0.05, 0) is 29.7 Å². The van der Waals surface area contributed by atoms with Crippen molar-refractivity contribution in [2.45, 2.75) is 19.9 Å². The average Bonchev–Trinajstić information content (AvgIpc) is 2.74. The van der Waals surface area contributed by atoms with Crippen molar-refractivity contribution in [3.8, 4) is 0 Å². The summed E-state index contributed by atoms with van der Waals surface area (Å²) in [5.74, 6) is -0.109. The Kier molecular flexibility index (Phi) is 5.60. The van der Waals surface area contributed by atoms with Crippen LogP contribution in [-0.4, -0.2) is 51.9 Å². The van der Waals surface area contributed by atoms with Gasteiger partial charge in [-0.25, -0.2) is 9.78 Å². The molecule has 0 spiro atoms. The Balaban J connectivity index is 1.49. The van der Waals surface area contributed by atoms with Crippen LogP contribution < -0.4 is 5.63 Å². The van der Waals surface area contributed by atoms with E-state index in [1.807, 2.05) is 19.1 Å². The summed E-state index contributed by atoms with van der Waals surface area (Å²) in [7, 11) is 0. The predicted octanol–water partition coefficient (Wildman–Crippen LogP) is 2.76. The Labute approximate surface area is 172 Å². The number of nitrogens with zero attached hydrogens (tertiary/aromatic N) is 4. The zero-order chi connectivity index (χ0) is 20.4. The second-order valence-electron chi connectivity index (χ2n) is 7.04. The van der Waals surface area contributed by atoms with Crippen molar-refractivity contribution in [1.29, 1.82) is 0 Å². The number of aromatic nitrogens is 2. The molecular formula is C21H21ClN4O3. The van der Waals surface area contributed by atoms with Crippen molar-refractivity contribution in [3.05, 3.63) is 69.1 Å². The van der Waals surface area contributed by atoms with Gasteiger partial charge in [-0.15, -0.1) is 0 Å². The lowest BCUT2D eigenvalue weighted by molar-refractivity contribution is 0.0622. The molecule has 1 aromatic carbocycles. The molecular weight excluding hydrogens is 392 g/mol. The van der Waals surface area contributed by atoms with Gasteiger partial charge in [0, 0.05) is 61.6 Å². The first kappa shape index (κ1) is 19.5. The number of fused-ring (bicyclic) bond motifs is 1. The molecule has 1 aliphatic heterocycles. The van der Waals surface area contributed by atoms with Crippen LogP contribution in [0, 0.1) is 0 Å². The van der Waals surface area contributed by atoms with Crippen LogP contribution in [0.1, 0.15) is 28.5 Å². The van der Waals surface area contributed by atoms with E-state index in [1.54, 1.807) is 11.1 Å². The molecule has 1 aliphatic rings. The minimum absolute atomic E-state index is 0.109. The zero-order valence-electron chi connectivity index (χ0n) is 16.1. The molecule has 7 nitrogen and oxygen atoms in total. The topological polar surface area (TPSA) is 79.5 Å². The molecule has 3 heterocycles. The number of benzene rings is 1. The zero-order valence-corrected chi connectivity index (χ0v) is 16.9. The third-order valence-electron chi connectivity index (χ3n) is 5.21. The highest BCUT2D eigenvalue weighted by Gasteiger charge is 2.23. The van der Waals surface area contributed by atoms with Gasteiger partial charge in [-0.3, -0.25) is 14.7 Å². The van der Waals surface area contributed by atoms with Crippen LogP contribution in [0.15, 0.2) is 46.0 Å². The van der Waals surface area contributed by atoms with Gasteiger partial charge in [-0.1, -0.05) is 18.5 Å². The Hall–Kier alpha value is -2.77. The molecule has 0 bridgehead atoms. The minimum atomic E-state index is -0.367. The normalized spacial score (nSPS) is 15.0. The van der Waals surface area contributed by atoms with E-state index in [2.05, 4.69) is 14.9 Å². The molecule has 1 saturated heterocycles. The Morgan fingerprint density at radius 3 is 2.62 bits per heavy atom. The highest BCUT2D eigenvalue weighted by Crippen LogP contribution is 2.27. The fourth-order valence-corrected chi connectivity index (χ4v) is 3.91. The van der Waals surface area contributed by atoms with Gasteiger partial charge in [0.25, 0.3) is 5.91 Å². The maximum Gasteiger partial charge on any atom is 0.336 e. The molecule has 1 amide bonds. The number of hydrogen-bond acceptors (Lipinski definition) is 6. The highest BCUT2D eigenvalue weighted by atomic mass is 35.5. The summed E-state index contributed by atoms with van der Waals surface area (Å²) < 4.78 is 5.39. The number of amides is 1. The van der Waals surface area contributed by atoms with Crippen molar-refractivity contribution < 1.29 is 9.21 Å². The predicted molar refractivity (Wildman–Crippen MR) is 110 cm³/mol. The maximum atomic E-state index is 12.5. The molecule has 0 atom stereocenters. The Morgan fingerprint density at radius 1 is 1.14 bits per heavy atom. The third-order valence-corrected chi connectivity index (χ3v) is 5.57. The molecule has 8 heteroatoms. The van der Waals surface area contributed by atoms with Gasteiger partial charge in [0.15, 0.2) is 0 Å². The summed E-state index contributed by atoms with van der Waals surface area (Å²) in [6, 6.07) is 5.25. The number of halogens is 1. The number of hydrogen-bond donors (Lipinski definition) is 0. The van der Waals surface area contributed by atoms with Crippen molar-refractivity contribution in [2.75, 3.05) is 26.2 Å². The Bertz CT molecular complexity index is 1090. The van der Waals surface area contributed by atoms with Crippen molar-refractivity contribution in [1.82, 2.24) is 19.8 Å². The summed E-state index contributed by atoms with van der Waals surface area (Å²) in [4.78, 5) is 36.6. The molecule has 4 rings (SSSR count). The second kappa shape index (κ2) is 8.31. The monoisotopic (exact) mass is 412 g/mol. The van der Waals surface area contributed by atoms with E-state index >= 15 is 0 Å². The molecule has 150 valence electrons. The first-order valence-electron chi connectivity index (χ1n) is 9.58. The largest absolute Gasteiger partial charge is 0.423 e. The molecule has 0 aliphatic carbocycles. The van der Waals surface area contributed by atoms with Crippen LogP contribution in [0.4, 0.5) is 0 Å². The number of piperazine rings is 1. The van der Waals surface area contributed by atoms with Crippen LogP contribution in [0.2, 0.25) is 5.02 Å². The molecule has 1 fully saturated rings. The van der Waals surface area contributed by atoms with E-state index < -0.39 is 0 Å². The summed E-state index contributed by atoms with van der Waals surface area (Å²) in [5, 5.41) is 1.53. The van der Waals surface area contributed by atoms with E-state index in [1.165, 1.54) is 18.5 Å². The smallest absolute Gasteiger partial charge is 0.336 e. The SMILES string of the molecule is CCc1cc2oc(=O)cc(CN3CCN(C(=O)c4cnccn4)CC3)c2cc1Cl. The lowest BCUT2D eigenvalue weighted by atomic mass is 10.1. The van der Waals surface area contributed by atoms with E-state index in [0.29, 0.717) is 49.0 Å². The van der Waals surface area contributed by atoms with Gasteiger partial charge < -0.3 is 9.32 Å². The molecule has 29 heavy (non-hydrogen) atoms. The van der Waals surface area contributed by atoms with Crippen LogP contribution in [0.25, 0.3) is 11.0 Å². The third kappa shape index (κ3) is 4.16. The van der Waals surface area contributed by atoms with Crippen LogP contribution in [0.3, 0.4) is 0 Å². The summed E-state index contributed by atoms with van der Waals surface area (Å²) in [5.41, 5.74) is 2.39. The number of rotatable bonds is 4.